The largest absolute Gasteiger partial charge is 0.478 e. The smallest absolute Gasteiger partial charge is 0.328 e. The van der Waals surface area contributed by atoms with Crippen LogP contribution in [0.4, 0.5) is 0 Å². The van der Waals surface area contributed by atoms with Crippen molar-refractivity contribution in [3.05, 3.63) is 12.2 Å². The summed E-state index contributed by atoms with van der Waals surface area (Å²) in [5.41, 5.74) is 0. The summed E-state index contributed by atoms with van der Waals surface area (Å²) in [5.74, 6) is -1.24. The number of hydrogen-bond acceptors (Lipinski definition) is 3. The molecule has 4 nitrogen and oxygen atoms in total. The van der Waals surface area contributed by atoms with Crippen LogP contribution >= 0.6 is 0 Å². The zero-order valence-electron chi connectivity index (χ0n) is 9.35. The molecular formula is C12H18O4. The summed E-state index contributed by atoms with van der Waals surface area (Å²) in [6, 6.07) is 0. The zero-order chi connectivity index (χ0) is 12.2. The number of ketones is 1. The van der Waals surface area contributed by atoms with Gasteiger partial charge in [-0.05, 0) is 18.9 Å². The minimum Gasteiger partial charge on any atom is -0.478 e. The molecule has 4 heteroatoms. The molecule has 0 unspecified atom stereocenters. The minimum atomic E-state index is -1.10. The number of carboxylic acids is 1. The Morgan fingerprint density at radius 1 is 0.938 bits per heavy atom. The lowest BCUT2D eigenvalue weighted by Crippen LogP contribution is -1.95. The van der Waals surface area contributed by atoms with Crippen molar-refractivity contribution in [2.75, 3.05) is 0 Å². The number of carbonyl (C=O) groups is 3. The van der Waals surface area contributed by atoms with Crippen LogP contribution in [-0.2, 0) is 14.4 Å². The Hall–Kier alpha value is -1.45. The third-order valence-electron chi connectivity index (χ3n) is 2.16. The first-order chi connectivity index (χ1) is 7.66. The number of hydrogen-bond donors (Lipinski definition) is 1. The van der Waals surface area contributed by atoms with Crippen LogP contribution < -0.4 is 0 Å². The van der Waals surface area contributed by atoms with E-state index in [1.165, 1.54) is 0 Å². The molecule has 1 N–H and O–H groups in total. The van der Waals surface area contributed by atoms with Crippen LogP contribution in [0.2, 0.25) is 0 Å². The van der Waals surface area contributed by atoms with E-state index in [4.69, 9.17) is 5.11 Å². The molecule has 0 aliphatic heterocycles. The Bertz CT molecular complexity index is 256. The second kappa shape index (κ2) is 10.1. The van der Waals surface area contributed by atoms with E-state index in [1.807, 2.05) is 0 Å². The van der Waals surface area contributed by atoms with Gasteiger partial charge in [0.05, 0.1) is 0 Å². The van der Waals surface area contributed by atoms with Crippen LogP contribution in [0.5, 0.6) is 0 Å². The molecule has 0 aromatic rings. The number of carbonyl (C=O) groups excluding carboxylic acids is 2. The molecule has 16 heavy (non-hydrogen) atoms. The maximum absolute atomic E-state index is 11.1. The van der Waals surface area contributed by atoms with E-state index in [-0.39, 0.29) is 5.78 Å². The van der Waals surface area contributed by atoms with Gasteiger partial charge in [0.2, 0.25) is 0 Å². The van der Waals surface area contributed by atoms with Crippen LogP contribution in [-0.4, -0.2) is 23.1 Å². The second-order valence-corrected chi connectivity index (χ2v) is 3.61. The van der Waals surface area contributed by atoms with Gasteiger partial charge in [-0.25, -0.2) is 4.79 Å². The number of aliphatic carboxylic acids is 1. The first kappa shape index (κ1) is 14.6. The van der Waals surface area contributed by atoms with Gasteiger partial charge in [-0.1, -0.05) is 19.3 Å². The molecule has 0 heterocycles. The van der Waals surface area contributed by atoms with Gasteiger partial charge in [0, 0.05) is 18.9 Å². The van der Waals surface area contributed by atoms with Crippen LogP contribution in [0.1, 0.15) is 44.9 Å². The molecule has 90 valence electrons. The van der Waals surface area contributed by atoms with Crippen molar-refractivity contribution < 1.29 is 19.5 Å². The summed E-state index contributed by atoms with van der Waals surface area (Å²) in [7, 11) is 0. The van der Waals surface area contributed by atoms with Crippen LogP contribution in [0.25, 0.3) is 0 Å². The quantitative estimate of drug-likeness (QED) is 0.352. The fourth-order valence-corrected chi connectivity index (χ4v) is 1.30. The molecule has 0 bridgehead atoms. The average molecular weight is 226 g/mol. The standard InChI is InChI=1S/C12H18O4/c13-10-6-4-2-1-3-5-7-11(14)8-9-12(15)16/h8-10H,1-7H2,(H,15,16). The van der Waals surface area contributed by atoms with Crippen molar-refractivity contribution in [1.82, 2.24) is 0 Å². The summed E-state index contributed by atoms with van der Waals surface area (Å²) in [4.78, 5) is 31.2. The number of aldehydes is 1. The molecule has 0 amide bonds. The van der Waals surface area contributed by atoms with E-state index in [0.29, 0.717) is 12.8 Å². The Kier molecular flexibility index (Phi) is 9.17. The van der Waals surface area contributed by atoms with Crippen molar-refractivity contribution in [2.24, 2.45) is 0 Å². The van der Waals surface area contributed by atoms with Crippen molar-refractivity contribution in [3.8, 4) is 0 Å². The molecule has 0 aliphatic carbocycles. The molecule has 0 spiro atoms. The number of rotatable bonds is 10. The van der Waals surface area contributed by atoms with E-state index < -0.39 is 5.97 Å². The van der Waals surface area contributed by atoms with Gasteiger partial charge in [0.15, 0.2) is 5.78 Å². The molecule has 0 rings (SSSR count). The number of allylic oxidation sites excluding steroid dienone is 1. The zero-order valence-corrected chi connectivity index (χ0v) is 9.35. The number of unbranched alkanes of at least 4 members (excludes halogenated alkanes) is 5. The third kappa shape index (κ3) is 10.6. The van der Waals surface area contributed by atoms with Gasteiger partial charge in [0.1, 0.15) is 6.29 Å². The molecule has 0 saturated carbocycles. The van der Waals surface area contributed by atoms with E-state index in [1.54, 1.807) is 0 Å². The predicted molar refractivity (Wildman–Crippen MR) is 60.2 cm³/mol. The van der Waals surface area contributed by atoms with E-state index in [2.05, 4.69) is 0 Å². The molecular weight excluding hydrogens is 208 g/mol. The van der Waals surface area contributed by atoms with Crippen LogP contribution in [0.3, 0.4) is 0 Å². The summed E-state index contributed by atoms with van der Waals surface area (Å²) >= 11 is 0. The molecule has 0 saturated heterocycles. The maximum atomic E-state index is 11.1. The predicted octanol–water partition coefficient (Wildman–Crippen LogP) is 2.13. The molecule has 0 aromatic carbocycles. The Morgan fingerprint density at radius 3 is 2.19 bits per heavy atom. The topological polar surface area (TPSA) is 71.4 Å². The van der Waals surface area contributed by atoms with Crippen molar-refractivity contribution >= 4 is 18.0 Å². The molecule has 0 radical (unpaired) electrons. The Morgan fingerprint density at radius 2 is 1.56 bits per heavy atom. The second-order valence-electron chi connectivity index (χ2n) is 3.61. The van der Waals surface area contributed by atoms with Crippen molar-refractivity contribution in [1.29, 1.82) is 0 Å². The lowest BCUT2D eigenvalue weighted by molar-refractivity contribution is -0.131. The monoisotopic (exact) mass is 226 g/mol. The van der Waals surface area contributed by atoms with Gasteiger partial charge >= 0.3 is 5.97 Å². The maximum Gasteiger partial charge on any atom is 0.328 e. The van der Waals surface area contributed by atoms with Gasteiger partial charge in [-0.15, -0.1) is 0 Å². The lowest BCUT2D eigenvalue weighted by atomic mass is 10.1. The van der Waals surface area contributed by atoms with E-state index >= 15 is 0 Å². The van der Waals surface area contributed by atoms with Crippen LogP contribution in [0, 0.1) is 0 Å². The fourth-order valence-electron chi connectivity index (χ4n) is 1.30. The highest BCUT2D eigenvalue weighted by Crippen LogP contribution is 2.06. The summed E-state index contributed by atoms with van der Waals surface area (Å²) in [5, 5.41) is 8.29. The molecule has 0 aliphatic rings. The highest BCUT2D eigenvalue weighted by Gasteiger charge is 1.98. The van der Waals surface area contributed by atoms with Gasteiger partial charge in [-0.3, -0.25) is 4.79 Å². The van der Waals surface area contributed by atoms with Crippen LogP contribution in [0.15, 0.2) is 12.2 Å². The SMILES string of the molecule is O=CCCCCCCCC(=O)C=CC(=O)O. The van der Waals surface area contributed by atoms with Gasteiger partial charge in [-0.2, -0.15) is 0 Å². The van der Waals surface area contributed by atoms with Crippen molar-refractivity contribution in [3.63, 3.8) is 0 Å². The number of carboxylic acid groups (broad SMARTS) is 1. The Labute approximate surface area is 95.3 Å². The Balaban J connectivity index is 3.34. The van der Waals surface area contributed by atoms with Crippen molar-refractivity contribution in [2.45, 2.75) is 44.9 Å². The molecule has 0 aromatic heterocycles. The molecule has 0 atom stereocenters. The average Bonchev–Trinajstić information content (AvgIpc) is 2.25. The first-order valence-electron chi connectivity index (χ1n) is 5.54. The fraction of sp³-hybridized carbons (Fsp3) is 0.583. The highest BCUT2D eigenvalue weighted by atomic mass is 16.4. The van der Waals surface area contributed by atoms with E-state index in [9.17, 15) is 14.4 Å². The van der Waals surface area contributed by atoms with E-state index in [0.717, 1.165) is 50.5 Å². The summed E-state index contributed by atoms with van der Waals surface area (Å²) < 4.78 is 0. The lowest BCUT2D eigenvalue weighted by Gasteiger charge is -1.98. The first-order valence-corrected chi connectivity index (χ1v) is 5.54. The highest BCUT2D eigenvalue weighted by molar-refractivity contribution is 5.95. The summed E-state index contributed by atoms with van der Waals surface area (Å²) in [6.45, 7) is 0. The molecule has 0 fully saturated rings. The van der Waals surface area contributed by atoms with Gasteiger partial charge in [0.25, 0.3) is 0 Å². The summed E-state index contributed by atoms with van der Waals surface area (Å²) in [6.07, 6.45) is 8.58. The minimum absolute atomic E-state index is 0.143. The third-order valence-corrected chi connectivity index (χ3v) is 2.16. The van der Waals surface area contributed by atoms with Gasteiger partial charge < -0.3 is 9.90 Å². The normalized spacial score (nSPS) is 10.5.